The van der Waals surface area contributed by atoms with Crippen LogP contribution in [0.25, 0.3) is 0 Å². The second-order valence-electron chi connectivity index (χ2n) is 7.55. The Kier molecular flexibility index (Phi) is 5.09. The van der Waals surface area contributed by atoms with Crippen molar-refractivity contribution in [3.05, 3.63) is 0 Å². The first-order chi connectivity index (χ1) is 11.0. The molecule has 7 nitrogen and oxygen atoms in total. The third-order valence-corrected chi connectivity index (χ3v) is 5.36. The van der Waals surface area contributed by atoms with Crippen LogP contribution in [0.4, 0.5) is 4.79 Å². The van der Waals surface area contributed by atoms with Gasteiger partial charge in [-0.1, -0.05) is 6.92 Å². The van der Waals surface area contributed by atoms with Crippen molar-refractivity contribution in [3.63, 3.8) is 0 Å². The van der Waals surface area contributed by atoms with E-state index in [-0.39, 0.29) is 17.3 Å². The van der Waals surface area contributed by atoms with Gasteiger partial charge in [0.2, 0.25) is 5.91 Å². The van der Waals surface area contributed by atoms with E-state index in [2.05, 4.69) is 5.32 Å². The first-order valence-electron chi connectivity index (χ1n) is 8.14. The molecule has 0 aromatic carbocycles. The maximum absolute atomic E-state index is 12.5. The third-order valence-electron chi connectivity index (χ3n) is 3.78. The van der Waals surface area contributed by atoms with E-state index < -0.39 is 28.5 Å². The van der Waals surface area contributed by atoms with E-state index in [9.17, 15) is 14.4 Å². The molecule has 8 heteroatoms. The van der Waals surface area contributed by atoms with Gasteiger partial charge in [0.15, 0.2) is 0 Å². The van der Waals surface area contributed by atoms with Crippen molar-refractivity contribution < 1.29 is 23.9 Å². The minimum atomic E-state index is -0.673. The average molecular weight is 358 g/mol. The van der Waals surface area contributed by atoms with E-state index in [1.54, 1.807) is 20.8 Å². The van der Waals surface area contributed by atoms with Gasteiger partial charge in [-0.15, -0.1) is 11.8 Å². The van der Waals surface area contributed by atoms with Crippen molar-refractivity contribution >= 4 is 29.7 Å². The molecule has 0 aromatic rings. The van der Waals surface area contributed by atoms with E-state index in [1.807, 2.05) is 20.8 Å². The molecule has 2 fully saturated rings. The van der Waals surface area contributed by atoms with Gasteiger partial charge in [0.1, 0.15) is 23.1 Å². The normalized spacial score (nSPS) is 28.0. The predicted molar refractivity (Wildman–Crippen MR) is 90.5 cm³/mol. The summed E-state index contributed by atoms with van der Waals surface area (Å²) in [6.45, 7) is 11.3. The lowest BCUT2D eigenvalue weighted by molar-refractivity contribution is -0.163. The molecule has 0 unspecified atom stereocenters. The lowest BCUT2D eigenvalue weighted by Crippen LogP contribution is -2.70. The maximum atomic E-state index is 12.5. The monoisotopic (exact) mass is 358 g/mol. The lowest BCUT2D eigenvalue weighted by atomic mass is 9.96. The van der Waals surface area contributed by atoms with Crippen molar-refractivity contribution in [2.24, 2.45) is 0 Å². The summed E-state index contributed by atoms with van der Waals surface area (Å²) >= 11 is 1.49. The number of β-lactam (4-membered cyclic amide) rings is 1. The van der Waals surface area contributed by atoms with E-state index >= 15 is 0 Å². The van der Waals surface area contributed by atoms with Gasteiger partial charge < -0.3 is 19.7 Å². The highest BCUT2D eigenvalue weighted by molar-refractivity contribution is 8.01. The fourth-order valence-corrected chi connectivity index (χ4v) is 4.46. The number of nitrogens with zero attached hydrogens (tertiary/aromatic N) is 1. The summed E-state index contributed by atoms with van der Waals surface area (Å²) < 4.78 is 9.96. The Bertz CT molecular complexity index is 543. The zero-order valence-electron chi connectivity index (χ0n) is 15.0. The van der Waals surface area contributed by atoms with Crippen LogP contribution in [0.1, 0.15) is 48.0 Å². The average Bonchev–Trinajstić information content (AvgIpc) is 2.69. The van der Waals surface area contributed by atoms with Gasteiger partial charge in [-0.2, -0.15) is 0 Å². The summed E-state index contributed by atoms with van der Waals surface area (Å²) in [5, 5.41) is 2.33. The Morgan fingerprint density at radius 3 is 2.50 bits per heavy atom. The summed E-state index contributed by atoms with van der Waals surface area (Å²) in [5.41, 5.74) is -0.634. The SMILES string of the molecule is CCCOC(=O)[C@@H]1N2C(=O)[C@@H](NC(=O)OC(C)(C)C)[C@H]2SC1(C)C. The highest BCUT2D eigenvalue weighted by Crippen LogP contribution is 2.51. The summed E-state index contributed by atoms with van der Waals surface area (Å²) in [5.74, 6) is -0.664. The van der Waals surface area contributed by atoms with Crippen molar-refractivity contribution in [3.8, 4) is 0 Å². The number of rotatable bonds is 4. The fourth-order valence-electron chi connectivity index (χ4n) is 2.84. The minimum absolute atomic E-state index is 0.276. The van der Waals surface area contributed by atoms with Gasteiger partial charge in [-0.25, -0.2) is 9.59 Å². The molecule has 0 spiro atoms. The Hall–Kier alpha value is -1.44. The van der Waals surface area contributed by atoms with Crippen LogP contribution in [-0.2, 0) is 19.1 Å². The Balaban J connectivity index is 2.05. The fraction of sp³-hybridized carbons (Fsp3) is 0.812. The highest BCUT2D eigenvalue weighted by atomic mass is 32.2. The number of thioether (sulfide) groups is 1. The summed E-state index contributed by atoms with van der Waals surface area (Å²) in [7, 11) is 0. The molecule has 24 heavy (non-hydrogen) atoms. The zero-order valence-corrected chi connectivity index (χ0v) is 15.9. The number of amides is 2. The molecule has 0 aromatic heterocycles. The molecule has 2 saturated heterocycles. The molecule has 2 rings (SSSR count). The van der Waals surface area contributed by atoms with Crippen LogP contribution in [0.5, 0.6) is 0 Å². The zero-order chi connectivity index (χ0) is 18.3. The van der Waals surface area contributed by atoms with Crippen LogP contribution in [0, 0.1) is 0 Å². The molecule has 136 valence electrons. The summed E-state index contributed by atoms with van der Waals surface area (Å²) in [6.07, 6.45) is 0.0996. The molecule has 1 N–H and O–H groups in total. The molecule has 0 bridgehead atoms. The van der Waals surface area contributed by atoms with Gasteiger partial charge in [-0.05, 0) is 41.0 Å². The quantitative estimate of drug-likeness (QED) is 0.610. The second-order valence-corrected chi connectivity index (χ2v) is 9.32. The van der Waals surface area contributed by atoms with Crippen molar-refractivity contribution in [1.29, 1.82) is 0 Å². The number of fused-ring (bicyclic) bond motifs is 1. The number of hydrogen-bond acceptors (Lipinski definition) is 6. The Morgan fingerprint density at radius 1 is 1.33 bits per heavy atom. The van der Waals surface area contributed by atoms with Crippen molar-refractivity contribution in [1.82, 2.24) is 10.2 Å². The van der Waals surface area contributed by atoms with Gasteiger partial charge in [0.05, 0.1) is 6.61 Å². The molecule has 2 heterocycles. The van der Waals surface area contributed by atoms with Crippen LogP contribution < -0.4 is 5.32 Å². The number of carbonyl (C=O) groups excluding carboxylic acids is 3. The molecule has 0 aliphatic carbocycles. The molecular formula is C16H26N2O5S. The van der Waals surface area contributed by atoms with E-state index in [0.717, 1.165) is 6.42 Å². The van der Waals surface area contributed by atoms with Crippen LogP contribution in [-0.4, -0.2) is 57.3 Å². The van der Waals surface area contributed by atoms with Crippen LogP contribution >= 0.6 is 11.8 Å². The van der Waals surface area contributed by atoms with Crippen molar-refractivity contribution in [2.45, 2.75) is 75.8 Å². The second kappa shape index (κ2) is 6.46. The smallest absolute Gasteiger partial charge is 0.408 e. The summed E-state index contributed by atoms with van der Waals surface area (Å²) in [4.78, 5) is 38.2. The Labute approximate surface area is 146 Å². The van der Waals surface area contributed by atoms with Crippen LogP contribution in [0.3, 0.4) is 0 Å². The minimum Gasteiger partial charge on any atom is -0.464 e. The van der Waals surface area contributed by atoms with Gasteiger partial charge >= 0.3 is 12.1 Å². The number of carbonyl (C=O) groups is 3. The van der Waals surface area contributed by atoms with E-state index in [4.69, 9.17) is 9.47 Å². The molecule has 2 aliphatic rings. The lowest BCUT2D eigenvalue weighted by Gasteiger charge is -2.43. The largest absolute Gasteiger partial charge is 0.464 e. The highest BCUT2D eigenvalue weighted by Gasteiger charge is 2.64. The first-order valence-corrected chi connectivity index (χ1v) is 9.02. The van der Waals surface area contributed by atoms with Crippen LogP contribution in [0.15, 0.2) is 0 Å². The molecular weight excluding hydrogens is 332 g/mol. The van der Waals surface area contributed by atoms with Gasteiger partial charge in [0.25, 0.3) is 0 Å². The number of hydrogen-bond donors (Lipinski definition) is 1. The standard InChI is InChI=1S/C16H26N2O5S/c1-7-8-22-13(20)10-16(5,6)24-12-9(11(19)18(10)12)17-14(21)23-15(2,3)4/h9-10,12H,7-8H2,1-6H3,(H,17,21)/t9-,10+,12-/m1/s1. The van der Waals surface area contributed by atoms with Crippen LogP contribution in [0.2, 0.25) is 0 Å². The van der Waals surface area contributed by atoms with E-state index in [1.165, 1.54) is 16.7 Å². The number of nitrogens with one attached hydrogen (secondary N) is 1. The predicted octanol–water partition coefficient (Wildman–Crippen LogP) is 1.90. The number of esters is 1. The van der Waals surface area contributed by atoms with E-state index in [0.29, 0.717) is 6.61 Å². The molecule has 2 aliphatic heterocycles. The van der Waals surface area contributed by atoms with Gasteiger partial charge in [0, 0.05) is 4.75 Å². The number of alkyl carbamates (subject to hydrolysis) is 1. The molecule has 0 radical (unpaired) electrons. The topological polar surface area (TPSA) is 84.9 Å². The molecule has 0 saturated carbocycles. The van der Waals surface area contributed by atoms with Crippen molar-refractivity contribution in [2.75, 3.05) is 6.61 Å². The Morgan fingerprint density at radius 2 is 1.96 bits per heavy atom. The molecule has 3 atom stereocenters. The van der Waals surface area contributed by atoms with Gasteiger partial charge in [-0.3, -0.25) is 4.79 Å². The first kappa shape index (κ1) is 18.9. The maximum Gasteiger partial charge on any atom is 0.408 e. The number of ether oxygens (including phenoxy) is 2. The third kappa shape index (κ3) is 3.63. The molecule has 2 amide bonds. The summed E-state index contributed by atoms with van der Waals surface area (Å²) in [6, 6.07) is -1.31.